The van der Waals surface area contributed by atoms with Crippen LogP contribution in [0.25, 0.3) is 0 Å². The van der Waals surface area contributed by atoms with Gasteiger partial charge in [0.2, 0.25) is 0 Å². The molecule has 1 aromatic rings. The van der Waals surface area contributed by atoms with Crippen LogP contribution in [0.15, 0.2) is 0 Å². The van der Waals surface area contributed by atoms with Crippen LogP contribution in [-0.2, 0) is 11.2 Å². The Morgan fingerprint density at radius 1 is 1.67 bits per heavy atom. The smallest absolute Gasteiger partial charge is 0.122 e. The Kier molecular flexibility index (Phi) is 3.38. The molecule has 3 nitrogen and oxygen atoms in total. The summed E-state index contributed by atoms with van der Waals surface area (Å²) in [4.78, 5) is 5.74. The van der Waals surface area contributed by atoms with Crippen LogP contribution in [-0.4, -0.2) is 16.7 Å². The summed E-state index contributed by atoms with van der Waals surface area (Å²) in [7, 11) is 0. The molecule has 0 aromatic carbocycles. The summed E-state index contributed by atoms with van der Waals surface area (Å²) in [5.74, 6) is 0. The first kappa shape index (κ1) is 11.0. The zero-order valence-corrected chi connectivity index (χ0v) is 10.0. The number of aliphatic hydroxyl groups excluding tert-OH is 1. The van der Waals surface area contributed by atoms with Crippen LogP contribution < -0.4 is 0 Å². The van der Waals surface area contributed by atoms with E-state index >= 15 is 0 Å². The van der Waals surface area contributed by atoms with Gasteiger partial charge in [0.15, 0.2) is 0 Å². The van der Waals surface area contributed by atoms with E-state index in [1.165, 1.54) is 4.88 Å². The lowest BCUT2D eigenvalue weighted by atomic mass is 10.0. The standard InChI is InChI=1S/C11H17NO2S/c1-3-14-7(2)11-12-10-8(13)5-4-6-9(10)15-11/h7-8,13H,3-6H2,1-2H3. The molecule has 0 aliphatic heterocycles. The maximum absolute atomic E-state index is 9.79. The first-order valence-corrected chi connectivity index (χ1v) is 6.33. The van der Waals surface area contributed by atoms with Crippen LogP contribution in [0.5, 0.6) is 0 Å². The van der Waals surface area contributed by atoms with Gasteiger partial charge in [-0.3, -0.25) is 0 Å². The monoisotopic (exact) mass is 227 g/mol. The molecule has 1 aliphatic rings. The van der Waals surface area contributed by atoms with Crippen LogP contribution >= 0.6 is 11.3 Å². The topological polar surface area (TPSA) is 42.4 Å². The van der Waals surface area contributed by atoms with E-state index in [-0.39, 0.29) is 12.2 Å². The number of fused-ring (bicyclic) bond motifs is 1. The number of ether oxygens (including phenoxy) is 1. The van der Waals surface area contributed by atoms with E-state index in [9.17, 15) is 5.11 Å². The zero-order chi connectivity index (χ0) is 10.8. The summed E-state index contributed by atoms with van der Waals surface area (Å²) in [6.45, 7) is 4.70. The third-order valence-corrected chi connectivity index (χ3v) is 4.00. The number of nitrogens with zero attached hydrogens (tertiary/aromatic N) is 1. The lowest BCUT2D eigenvalue weighted by molar-refractivity contribution is 0.0755. The van der Waals surface area contributed by atoms with Gasteiger partial charge >= 0.3 is 0 Å². The predicted molar refractivity (Wildman–Crippen MR) is 60.1 cm³/mol. The van der Waals surface area contributed by atoms with Crippen molar-refractivity contribution in [2.45, 2.75) is 45.3 Å². The molecule has 0 radical (unpaired) electrons. The van der Waals surface area contributed by atoms with Gasteiger partial charge in [-0.1, -0.05) is 0 Å². The van der Waals surface area contributed by atoms with Gasteiger partial charge in [-0.2, -0.15) is 0 Å². The molecule has 0 spiro atoms. The Bertz CT molecular complexity index is 337. The number of thiazole rings is 1. The number of hydrogen-bond donors (Lipinski definition) is 1. The SMILES string of the molecule is CCOC(C)c1nc2c(s1)CCCC2O. The number of rotatable bonds is 3. The predicted octanol–water partition coefficient (Wildman–Crippen LogP) is 2.61. The van der Waals surface area contributed by atoms with Crippen molar-refractivity contribution in [2.24, 2.45) is 0 Å². The van der Waals surface area contributed by atoms with Crippen LogP contribution in [0.2, 0.25) is 0 Å². The molecule has 0 fully saturated rings. The molecule has 2 unspecified atom stereocenters. The number of aliphatic hydroxyl groups is 1. The van der Waals surface area contributed by atoms with Crippen LogP contribution in [0, 0.1) is 0 Å². The van der Waals surface area contributed by atoms with Gasteiger partial charge in [0.05, 0.1) is 11.8 Å². The summed E-state index contributed by atoms with van der Waals surface area (Å²) < 4.78 is 5.51. The van der Waals surface area contributed by atoms with Gasteiger partial charge in [0, 0.05) is 11.5 Å². The van der Waals surface area contributed by atoms with Crippen molar-refractivity contribution < 1.29 is 9.84 Å². The van der Waals surface area contributed by atoms with Gasteiger partial charge in [-0.05, 0) is 33.1 Å². The maximum atomic E-state index is 9.79. The highest BCUT2D eigenvalue weighted by Crippen LogP contribution is 2.35. The molecule has 1 aliphatic carbocycles. The van der Waals surface area contributed by atoms with Crippen LogP contribution in [0.4, 0.5) is 0 Å². The molecule has 0 amide bonds. The molecule has 2 atom stereocenters. The molecule has 15 heavy (non-hydrogen) atoms. The van der Waals surface area contributed by atoms with Gasteiger partial charge in [-0.25, -0.2) is 4.98 Å². The largest absolute Gasteiger partial charge is 0.387 e. The molecule has 0 saturated carbocycles. The molecule has 1 aromatic heterocycles. The molecule has 0 saturated heterocycles. The van der Waals surface area contributed by atoms with Crippen molar-refractivity contribution >= 4 is 11.3 Å². The summed E-state index contributed by atoms with van der Waals surface area (Å²) >= 11 is 1.69. The van der Waals surface area contributed by atoms with E-state index in [4.69, 9.17) is 4.74 Å². The second-order valence-corrected chi connectivity index (χ2v) is 4.98. The molecule has 2 rings (SSSR count). The Morgan fingerprint density at radius 3 is 3.13 bits per heavy atom. The van der Waals surface area contributed by atoms with E-state index in [2.05, 4.69) is 4.98 Å². The highest BCUT2D eigenvalue weighted by Gasteiger charge is 2.24. The van der Waals surface area contributed by atoms with Gasteiger partial charge < -0.3 is 9.84 Å². The van der Waals surface area contributed by atoms with E-state index in [1.807, 2.05) is 13.8 Å². The minimum Gasteiger partial charge on any atom is -0.387 e. The van der Waals surface area contributed by atoms with Gasteiger partial charge in [-0.15, -0.1) is 11.3 Å². The van der Waals surface area contributed by atoms with Gasteiger partial charge in [0.1, 0.15) is 11.1 Å². The molecule has 0 bridgehead atoms. The Labute approximate surface area is 94.1 Å². The van der Waals surface area contributed by atoms with Crippen molar-refractivity contribution in [3.63, 3.8) is 0 Å². The van der Waals surface area contributed by atoms with Gasteiger partial charge in [0.25, 0.3) is 0 Å². The first-order valence-electron chi connectivity index (χ1n) is 5.51. The zero-order valence-electron chi connectivity index (χ0n) is 9.19. The molecule has 84 valence electrons. The lowest BCUT2D eigenvalue weighted by Gasteiger charge is -2.14. The fraction of sp³-hybridized carbons (Fsp3) is 0.727. The summed E-state index contributed by atoms with van der Waals surface area (Å²) in [6, 6.07) is 0. The van der Waals surface area contributed by atoms with Crippen molar-refractivity contribution in [1.29, 1.82) is 0 Å². The Hall–Kier alpha value is -0.450. The van der Waals surface area contributed by atoms with Crippen LogP contribution in [0.1, 0.15) is 54.5 Å². The van der Waals surface area contributed by atoms with E-state index in [1.54, 1.807) is 11.3 Å². The highest BCUT2D eigenvalue weighted by atomic mass is 32.1. The van der Waals surface area contributed by atoms with Crippen molar-refractivity contribution in [1.82, 2.24) is 4.98 Å². The summed E-state index contributed by atoms with van der Waals surface area (Å²) in [5.41, 5.74) is 0.896. The number of aromatic nitrogens is 1. The van der Waals surface area contributed by atoms with Crippen LogP contribution in [0.3, 0.4) is 0 Å². The molecular weight excluding hydrogens is 210 g/mol. The third-order valence-electron chi connectivity index (χ3n) is 2.71. The second kappa shape index (κ2) is 4.60. The Morgan fingerprint density at radius 2 is 2.47 bits per heavy atom. The normalized spacial score (nSPS) is 22.5. The lowest BCUT2D eigenvalue weighted by Crippen LogP contribution is -2.07. The van der Waals surface area contributed by atoms with Crippen molar-refractivity contribution in [3.8, 4) is 0 Å². The number of aryl methyl sites for hydroxylation is 1. The third kappa shape index (κ3) is 2.22. The van der Waals surface area contributed by atoms with E-state index < -0.39 is 0 Å². The summed E-state index contributed by atoms with van der Waals surface area (Å²) in [6.07, 6.45) is 2.67. The maximum Gasteiger partial charge on any atom is 0.122 e. The average molecular weight is 227 g/mol. The quantitative estimate of drug-likeness (QED) is 0.863. The van der Waals surface area contributed by atoms with Crippen molar-refractivity contribution in [3.05, 3.63) is 15.6 Å². The molecule has 4 heteroatoms. The Balaban J connectivity index is 2.21. The fourth-order valence-electron chi connectivity index (χ4n) is 1.91. The molecular formula is C11H17NO2S. The van der Waals surface area contributed by atoms with E-state index in [0.717, 1.165) is 30.0 Å². The fourth-order valence-corrected chi connectivity index (χ4v) is 3.07. The summed E-state index contributed by atoms with van der Waals surface area (Å²) in [5, 5.41) is 10.8. The highest BCUT2D eigenvalue weighted by molar-refractivity contribution is 7.11. The number of hydrogen-bond acceptors (Lipinski definition) is 4. The first-order chi connectivity index (χ1) is 7.22. The molecule has 1 N–H and O–H groups in total. The average Bonchev–Trinajstić information content (AvgIpc) is 2.63. The van der Waals surface area contributed by atoms with E-state index in [0.29, 0.717) is 6.61 Å². The second-order valence-electron chi connectivity index (χ2n) is 3.87. The molecule has 1 heterocycles. The van der Waals surface area contributed by atoms with Crippen molar-refractivity contribution in [2.75, 3.05) is 6.61 Å². The minimum absolute atomic E-state index is 0.0535. The minimum atomic E-state index is -0.354.